The van der Waals surface area contributed by atoms with E-state index in [4.69, 9.17) is 0 Å². The van der Waals surface area contributed by atoms with Gasteiger partial charge in [0.05, 0.1) is 29.9 Å². The molecule has 106 valence electrons. The van der Waals surface area contributed by atoms with E-state index in [1.54, 1.807) is 10.7 Å². The Morgan fingerprint density at radius 2 is 1.95 bits per heavy atom. The summed E-state index contributed by atoms with van der Waals surface area (Å²) in [5, 5.41) is 16.5. The Morgan fingerprint density at radius 1 is 1.19 bits per heavy atom. The number of nitrogens with one attached hydrogen (secondary N) is 1. The first-order valence-corrected chi connectivity index (χ1v) is 6.68. The van der Waals surface area contributed by atoms with Crippen LogP contribution in [0.25, 0.3) is 5.52 Å². The van der Waals surface area contributed by atoms with Gasteiger partial charge in [-0.05, 0) is 17.7 Å². The molecule has 0 aliphatic rings. The summed E-state index contributed by atoms with van der Waals surface area (Å²) in [6.07, 6.45) is 3.32. The lowest BCUT2D eigenvalue weighted by atomic mass is 10.1. The zero-order chi connectivity index (χ0) is 14.7. The van der Waals surface area contributed by atoms with E-state index in [2.05, 4.69) is 10.4 Å². The second-order valence-corrected chi connectivity index (χ2v) is 4.71. The Labute approximate surface area is 121 Å². The zero-order valence-electron chi connectivity index (χ0n) is 11.3. The van der Waals surface area contributed by atoms with E-state index in [0.29, 0.717) is 5.56 Å². The molecule has 0 spiro atoms. The Balaban J connectivity index is 1.85. The minimum Gasteiger partial charge on any atom is -0.394 e. The van der Waals surface area contributed by atoms with Gasteiger partial charge in [0, 0.05) is 6.20 Å². The quantitative estimate of drug-likeness (QED) is 0.766. The molecule has 3 aromatic rings. The average Bonchev–Trinajstić information content (AvgIpc) is 2.97. The first kappa shape index (κ1) is 13.3. The predicted molar refractivity (Wildman–Crippen MR) is 78.9 cm³/mol. The van der Waals surface area contributed by atoms with Crippen molar-refractivity contribution in [2.75, 3.05) is 6.61 Å². The van der Waals surface area contributed by atoms with Crippen LogP contribution >= 0.6 is 0 Å². The first-order chi connectivity index (χ1) is 10.3. The van der Waals surface area contributed by atoms with Gasteiger partial charge in [0.15, 0.2) is 0 Å². The number of aliphatic hydroxyl groups excluding tert-OH is 1. The fourth-order valence-electron chi connectivity index (χ4n) is 2.27. The van der Waals surface area contributed by atoms with Gasteiger partial charge in [-0.3, -0.25) is 4.79 Å². The van der Waals surface area contributed by atoms with Crippen LogP contribution in [-0.4, -0.2) is 27.2 Å². The highest BCUT2D eigenvalue weighted by Gasteiger charge is 2.17. The molecule has 0 aliphatic carbocycles. The topological polar surface area (TPSA) is 66.6 Å². The maximum atomic E-state index is 12.4. The highest BCUT2D eigenvalue weighted by molar-refractivity contribution is 6.00. The van der Waals surface area contributed by atoms with Crippen LogP contribution in [0.2, 0.25) is 0 Å². The largest absolute Gasteiger partial charge is 0.394 e. The number of rotatable bonds is 4. The zero-order valence-corrected chi connectivity index (χ0v) is 11.3. The Bertz CT molecular complexity index is 752. The minimum atomic E-state index is -0.433. The van der Waals surface area contributed by atoms with Crippen molar-refractivity contribution in [2.24, 2.45) is 0 Å². The molecule has 2 aromatic heterocycles. The van der Waals surface area contributed by atoms with E-state index in [1.807, 2.05) is 48.5 Å². The van der Waals surface area contributed by atoms with E-state index in [1.165, 1.54) is 6.20 Å². The molecule has 21 heavy (non-hydrogen) atoms. The maximum absolute atomic E-state index is 12.4. The molecule has 0 saturated heterocycles. The smallest absolute Gasteiger partial charge is 0.255 e. The van der Waals surface area contributed by atoms with E-state index >= 15 is 0 Å². The van der Waals surface area contributed by atoms with Crippen molar-refractivity contribution in [3.8, 4) is 0 Å². The number of hydrogen-bond donors (Lipinski definition) is 2. The molecule has 1 aromatic carbocycles. The highest BCUT2D eigenvalue weighted by Crippen LogP contribution is 2.15. The van der Waals surface area contributed by atoms with Gasteiger partial charge in [-0.25, -0.2) is 4.52 Å². The molecule has 1 atom stereocenters. The van der Waals surface area contributed by atoms with Crippen LogP contribution in [0.4, 0.5) is 0 Å². The lowest BCUT2D eigenvalue weighted by Gasteiger charge is -2.16. The second kappa shape index (κ2) is 5.76. The second-order valence-electron chi connectivity index (χ2n) is 4.71. The van der Waals surface area contributed by atoms with Crippen LogP contribution in [0.3, 0.4) is 0 Å². The fourth-order valence-corrected chi connectivity index (χ4v) is 2.27. The molecule has 0 bridgehead atoms. The highest BCUT2D eigenvalue weighted by atomic mass is 16.3. The van der Waals surface area contributed by atoms with E-state index in [0.717, 1.165) is 11.1 Å². The number of aromatic nitrogens is 2. The molecule has 0 radical (unpaired) electrons. The van der Waals surface area contributed by atoms with E-state index < -0.39 is 6.04 Å². The molecule has 2 N–H and O–H groups in total. The molecule has 2 heterocycles. The van der Waals surface area contributed by atoms with Crippen LogP contribution in [0.5, 0.6) is 0 Å². The van der Waals surface area contributed by atoms with Gasteiger partial charge in [0.25, 0.3) is 5.91 Å². The van der Waals surface area contributed by atoms with E-state index in [-0.39, 0.29) is 12.5 Å². The van der Waals surface area contributed by atoms with Crippen molar-refractivity contribution in [1.29, 1.82) is 0 Å². The lowest BCUT2D eigenvalue weighted by molar-refractivity contribution is 0.0918. The van der Waals surface area contributed by atoms with Gasteiger partial charge in [-0.1, -0.05) is 36.4 Å². The number of carbonyl (C=O) groups is 1. The number of pyridine rings is 1. The Morgan fingerprint density at radius 3 is 2.71 bits per heavy atom. The standard InChI is InChI=1S/C16H15N3O2/c20-11-14(12-6-2-1-3-7-12)18-16(21)13-10-17-19-9-5-4-8-15(13)19/h1-10,14,20H,11H2,(H,18,21)/t14-/m1/s1. The third-order valence-corrected chi connectivity index (χ3v) is 3.36. The summed E-state index contributed by atoms with van der Waals surface area (Å²) < 4.78 is 1.64. The van der Waals surface area contributed by atoms with Gasteiger partial charge in [-0.2, -0.15) is 5.10 Å². The van der Waals surface area contributed by atoms with Crippen molar-refractivity contribution in [1.82, 2.24) is 14.9 Å². The third kappa shape index (κ3) is 2.64. The summed E-state index contributed by atoms with van der Waals surface area (Å²) in [5.74, 6) is -0.251. The average molecular weight is 281 g/mol. The number of amides is 1. The van der Waals surface area contributed by atoms with Gasteiger partial charge in [0.1, 0.15) is 0 Å². The summed E-state index contributed by atoms with van der Waals surface area (Å²) in [4.78, 5) is 12.4. The monoisotopic (exact) mass is 281 g/mol. The SMILES string of the molecule is O=C(N[C@H](CO)c1ccccc1)c1cnn2ccccc12. The summed E-state index contributed by atoms with van der Waals surface area (Å²) >= 11 is 0. The number of nitrogens with zero attached hydrogens (tertiary/aromatic N) is 2. The van der Waals surface area contributed by atoms with E-state index in [9.17, 15) is 9.90 Å². The Kier molecular flexibility index (Phi) is 3.66. The molecule has 0 unspecified atom stereocenters. The van der Waals surface area contributed by atoms with Crippen molar-refractivity contribution in [3.63, 3.8) is 0 Å². The molecule has 0 fully saturated rings. The number of hydrogen-bond acceptors (Lipinski definition) is 3. The molecule has 0 aliphatic heterocycles. The van der Waals surface area contributed by atoms with Gasteiger partial charge >= 0.3 is 0 Å². The van der Waals surface area contributed by atoms with Gasteiger partial charge in [-0.15, -0.1) is 0 Å². The van der Waals surface area contributed by atoms with Crippen LogP contribution < -0.4 is 5.32 Å². The first-order valence-electron chi connectivity index (χ1n) is 6.68. The molecule has 1 amide bonds. The maximum Gasteiger partial charge on any atom is 0.255 e. The van der Waals surface area contributed by atoms with Crippen LogP contribution in [0, 0.1) is 0 Å². The van der Waals surface area contributed by atoms with Crippen LogP contribution in [-0.2, 0) is 0 Å². The summed E-state index contributed by atoms with van der Waals surface area (Å²) in [6, 6.07) is 14.5. The van der Waals surface area contributed by atoms with Crippen molar-refractivity contribution in [2.45, 2.75) is 6.04 Å². The van der Waals surface area contributed by atoms with Gasteiger partial charge < -0.3 is 10.4 Å². The fraction of sp³-hybridized carbons (Fsp3) is 0.125. The summed E-state index contributed by atoms with van der Waals surface area (Å²) in [5.41, 5.74) is 2.09. The Hall–Kier alpha value is -2.66. The number of benzene rings is 1. The molecule has 0 saturated carbocycles. The molecular formula is C16H15N3O2. The number of aliphatic hydroxyl groups is 1. The molecule has 5 nitrogen and oxygen atoms in total. The van der Waals surface area contributed by atoms with Crippen molar-refractivity contribution in [3.05, 3.63) is 72.1 Å². The van der Waals surface area contributed by atoms with Crippen LogP contribution in [0.1, 0.15) is 22.0 Å². The predicted octanol–water partition coefficient (Wildman–Crippen LogP) is 1.80. The normalized spacial score (nSPS) is 12.2. The summed E-state index contributed by atoms with van der Waals surface area (Å²) in [7, 11) is 0. The van der Waals surface area contributed by atoms with Crippen molar-refractivity contribution >= 4 is 11.4 Å². The van der Waals surface area contributed by atoms with Crippen LogP contribution in [0.15, 0.2) is 60.9 Å². The number of carbonyl (C=O) groups excluding carboxylic acids is 1. The molecule has 3 rings (SSSR count). The molecular weight excluding hydrogens is 266 g/mol. The number of fused-ring (bicyclic) bond motifs is 1. The third-order valence-electron chi connectivity index (χ3n) is 3.36. The van der Waals surface area contributed by atoms with Gasteiger partial charge in [0.2, 0.25) is 0 Å². The minimum absolute atomic E-state index is 0.158. The molecule has 5 heteroatoms. The lowest BCUT2D eigenvalue weighted by Crippen LogP contribution is -2.30. The summed E-state index contributed by atoms with van der Waals surface area (Å²) in [6.45, 7) is -0.158. The van der Waals surface area contributed by atoms with Crippen molar-refractivity contribution < 1.29 is 9.90 Å².